The van der Waals surface area contributed by atoms with E-state index in [-0.39, 0.29) is 6.54 Å². The second kappa shape index (κ2) is 14.0. The van der Waals surface area contributed by atoms with Crippen LogP contribution in [0.1, 0.15) is 23.1 Å². The molecule has 5 nitrogen and oxygen atoms in total. The van der Waals surface area contributed by atoms with Crippen molar-refractivity contribution in [1.29, 1.82) is 0 Å². The molecule has 0 fully saturated rings. The summed E-state index contributed by atoms with van der Waals surface area (Å²) < 4.78 is 5.35. The second-order valence-corrected chi connectivity index (χ2v) is 8.18. The van der Waals surface area contributed by atoms with E-state index in [1.807, 2.05) is 60.7 Å². The van der Waals surface area contributed by atoms with Crippen LogP contribution in [0.5, 0.6) is 5.75 Å². The molecule has 0 aliphatic carbocycles. The first-order valence-electron chi connectivity index (χ1n) is 12.1. The molecule has 0 aliphatic heterocycles. The minimum absolute atomic E-state index is 0.201. The summed E-state index contributed by atoms with van der Waals surface area (Å²) in [6.07, 6.45) is 5.47. The van der Waals surface area contributed by atoms with Crippen molar-refractivity contribution in [2.24, 2.45) is 0 Å². The summed E-state index contributed by atoms with van der Waals surface area (Å²) in [6, 6.07) is 28.1. The van der Waals surface area contributed by atoms with Gasteiger partial charge in [0.15, 0.2) is 0 Å². The van der Waals surface area contributed by atoms with Gasteiger partial charge in [0.2, 0.25) is 0 Å². The van der Waals surface area contributed by atoms with Gasteiger partial charge in [-0.15, -0.1) is 0 Å². The average Bonchev–Trinajstić information content (AvgIpc) is 2.95. The fraction of sp³-hybridized carbons (Fsp3) is 0.125. The van der Waals surface area contributed by atoms with Crippen molar-refractivity contribution in [3.05, 3.63) is 139 Å². The van der Waals surface area contributed by atoms with E-state index < -0.39 is 11.8 Å². The van der Waals surface area contributed by atoms with Gasteiger partial charge < -0.3 is 15.4 Å². The number of amides is 2. The van der Waals surface area contributed by atoms with Crippen LogP contribution in [0.4, 0.5) is 0 Å². The van der Waals surface area contributed by atoms with E-state index in [9.17, 15) is 9.59 Å². The summed E-state index contributed by atoms with van der Waals surface area (Å²) in [4.78, 5) is 24.8. The van der Waals surface area contributed by atoms with Crippen LogP contribution < -0.4 is 15.4 Å². The molecule has 37 heavy (non-hydrogen) atoms. The summed E-state index contributed by atoms with van der Waals surface area (Å²) in [5, 5.41) is 5.37. The Hall–Kier alpha value is -4.64. The zero-order valence-electron chi connectivity index (χ0n) is 21.1. The smallest absolute Gasteiger partial charge is 0.309 e. The van der Waals surface area contributed by atoms with Crippen LogP contribution in [0.15, 0.2) is 122 Å². The highest BCUT2D eigenvalue weighted by molar-refractivity contribution is 6.35. The Balaban J connectivity index is 1.88. The highest BCUT2D eigenvalue weighted by atomic mass is 16.5. The predicted octanol–water partition coefficient (Wildman–Crippen LogP) is 5.58. The second-order valence-electron chi connectivity index (χ2n) is 8.18. The van der Waals surface area contributed by atoms with Gasteiger partial charge in [-0.1, -0.05) is 104 Å². The van der Waals surface area contributed by atoms with Crippen LogP contribution in [-0.2, 0) is 9.59 Å². The number of rotatable bonds is 11. The van der Waals surface area contributed by atoms with Gasteiger partial charge in [0.1, 0.15) is 5.75 Å². The van der Waals surface area contributed by atoms with Gasteiger partial charge in [0, 0.05) is 13.1 Å². The van der Waals surface area contributed by atoms with E-state index >= 15 is 0 Å². The molecule has 0 saturated carbocycles. The number of carbonyl (C=O) groups is 2. The molecule has 0 heterocycles. The van der Waals surface area contributed by atoms with E-state index in [1.54, 1.807) is 25.3 Å². The molecule has 188 valence electrons. The summed E-state index contributed by atoms with van der Waals surface area (Å²) >= 11 is 0. The fourth-order valence-corrected chi connectivity index (χ4v) is 3.93. The Labute approximate surface area is 218 Å². The summed E-state index contributed by atoms with van der Waals surface area (Å²) in [5.41, 5.74) is 6.00. The SMILES string of the molecule is C=C/C=C(\C=C)CNC(=O)C(=O)NCC/C(=C(\c1ccccc1)c1ccc(OC)cc1)c1ccccc1. The predicted molar refractivity (Wildman–Crippen MR) is 151 cm³/mol. The maximum atomic E-state index is 12.5. The quantitative estimate of drug-likeness (QED) is 0.209. The number of methoxy groups -OCH3 is 1. The maximum absolute atomic E-state index is 12.5. The van der Waals surface area contributed by atoms with Gasteiger partial charge >= 0.3 is 11.8 Å². The highest BCUT2D eigenvalue weighted by Gasteiger charge is 2.17. The van der Waals surface area contributed by atoms with E-state index in [4.69, 9.17) is 4.74 Å². The largest absolute Gasteiger partial charge is 0.497 e. The van der Waals surface area contributed by atoms with Crippen molar-refractivity contribution in [2.75, 3.05) is 20.2 Å². The van der Waals surface area contributed by atoms with Crippen LogP contribution in [0.3, 0.4) is 0 Å². The Kier molecular flexibility index (Phi) is 10.2. The lowest BCUT2D eigenvalue weighted by Crippen LogP contribution is -2.40. The Morgan fingerprint density at radius 1 is 0.784 bits per heavy atom. The third kappa shape index (κ3) is 7.67. The van der Waals surface area contributed by atoms with Gasteiger partial charge in [-0.2, -0.15) is 0 Å². The van der Waals surface area contributed by atoms with E-state index in [2.05, 4.69) is 48.1 Å². The van der Waals surface area contributed by atoms with Gasteiger partial charge in [-0.25, -0.2) is 0 Å². The van der Waals surface area contributed by atoms with Crippen molar-refractivity contribution in [3.63, 3.8) is 0 Å². The molecule has 0 radical (unpaired) electrons. The lowest BCUT2D eigenvalue weighted by molar-refractivity contribution is -0.139. The van der Waals surface area contributed by atoms with Gasteiger partial charge in [0.25, 0.3) is 0 Å². The number of carbonyl (C=O) groups excluding carboxylic acids is 2. The highest BCUT2D eigenvalue weighted by Crippen LogP contribution is 2.34. The topological polar surface area (TPSA) is 67.4 Å². The lowest BCUT2D eigenvalue weighted by Gasteiger charge is -2.18. The Bertz CT molecular complexity index is 1270. The maximum Gasteiger partial charge on any atom is 0.309 e. The minimum atomic E-state index is -0.694. The number of hydrogen-bond donors (Lipinski definition) is 2. The normalized spacial score (nSPS) is 11.6. The van der Waals surface area contributed by atoms with Gasteiger partial charge in [-0.3, -0.25) is 9.59 Å². The van der Waals surface area contributed by atoms with Crippen molar-refractivity contribution < 1.29 is 14.3 Å². The molecule has 3 rings (SSSR count). The molecule has 0 aromatic heterocycles. The summed E-state index contributed by atoms with van der Waals surface area (Å²) in [6.45, 7) is 7.82. The molecular weight excluding hydrogens is 460 g/mol. The molecule has 0 bridgehead atoms. The number of benzene rings is 3. The molecule has 2 amide bonds. The van der Waals surface area contributed by atoms with Gasteiger partial charge in [-0.05, 0) is 52.0 Å². The number of ether oxygens (including phenoxy) is 1. The molecule has 5 heteroatoms. The summed E-state index contributed by atoms with van der Waals surface area (Å²) in [5.74, 6) is -0.598. The molecule has 0 atom stereocenters. The fourth-order valence-electron chi connectivity index (χ4n) is 3.93. The Morgan fingerprint density at radius 3 is 1.92 bits per heavy atom. The number of hydrogen-bond acceptors (Lipinski definition) is 3. The van der Waals surface area contributed by atoms with Crippen LogP contribution in [0, 0.1) is 0 Å². The van der Waals surface area contributed by atoms with Gasteiger partial charge in [0.05, 0.1) is 7.11 Å². The van der Waals surface area contributed by atoms with Crippen LogP contribution in [-0.4, -0.2) is 32.0 Å². The molecule has 0 aliphatic rings. The molecule has 0 unspecified atom stereocenters. The zero-order chi connectivity index (χ0) is 26.5. The number of allylic oxidation sites excluding steroid dienone is 2. The van der Waals surface area contributed by atoms with E-state index in [0.717, 1.165) is 39.2 Å². The minimum Gasteiger partial charge on any atom is -0.497 e. The molecular formula is C32H32N2O3. The van der Waals surface area contributed by atoms with E-state index in [1.165, 1.54) is 0 Å². The van der Waals surface area contributed by atoms with Crippen LogP contribution in [0.2, 0.25) is 0 Å². The third-order valence-electron chi connectivity index (χ3n) is 5.78. The molecule has 0 saturated heterocycles. The molecule has 2 N–H and O–H groups in total. The average molecular weight is 493 g/mol. The molecule has 0 spiro atoms. The van der Waals surface area contributed by atoms with Crippen molar-refractivity contribution in [3.8, 4) is 5.75 Å². The first-order chi connectivity index (χ1) is 18.1. The Morgan fingerprint density at radius 2 is 1.35 bits per heavy atom. The summed E-state index contributed by atoms with van der Waals surface area (Å²) in [7, 11) is 1.64. The first-order valence-corrected chi connectivity index (χ1v) is 12.1. The molecule has 3 aromatic carbocycles. The van der Waals surface area contributed by atoms with Crippen LogP contribution in [0.25, 0.3) is 11.1 Å². The standard InChI is InChI=1S/C32H32N2O3/c1-4-12-24(5-2)23-34-32(36)31(35)33-22-21-29(25-13-8-6-9-14-25)30(26-15-10-7-11-16-26)27-17-19-28(37-3)20-18-27/h4-20H,1-2,21-23H2,3H3,(H,33,35)(H,34,36)/b24-12+,30-29-. The van der Waals surface area contributed by atoms with Crippen molar-refractivity contribution >= 4 is 23.0 Å². The molecule has 3 aromatic rings. The van der Waals surface area contributed by atoms with Crippen molar-refractivity contribution in [1.82, 2.24) is 10.6 Å². The zero-order valence-corrected chi connectivity index (χ0v) is 21.1. The van der Waals surface area contributed by atoms with Crippen LogP contribution >= 0.6 is 0 Å². The lowest BCUT2D eigenvalue weighted by atomic mass is 9.88. The van der Waals surface area contributed by atoms with Crippen molar-refractivity contribution in [2.45, 2.75) is 6.42 Å². The first kappa shape index (κ1) is 27.0. The third-order valence-corrected chi connectivity index (χ3v) is 5.78. The van der Waals surface area contributed by atoms with E-state index in [0.29, 0.717) is 13.0 Å². The number of nitrogens with one attached hydrogen (secondary N) is 2. The monoisotopic (exact) mass is 492 g/mol.